The molecular formula is C13H13N3O2. The molecule has 5 nitrogen and oxygen atoms in total. The number of para-hydroxylation sites is 1. The van der Waals surface area contributed by atoms with Gasteiger partial charge < -0.3 is 14.6 Å². The fraction of sp³-hybridized carbons (Fsp3) is 0.231. The van der Waals surface area contributed by atoms with Crippen LogP contribution in [0.3, 0.4) is 0 Å². The number of ether oxygens (including phenoxy) is 1. The molecule has 0 saturated carbocycles. The standard InChI is InChI=1S/C13H13N3O2/c17-13-7-12(14-9-15-13)16-5-6-18-11-4-2-1-3-10(11)8-16/h1-4,7,9H,5-6,8H2,(H,14,15,17). The highest BCUT2D eigenvalue weighted by atomic mass is 16.5. The Hall–Kier alpha value is -2.30. The molecule has 2 heterocycles. The second kappa shape index (κ2) is 4.52. The van der Waals surface area contributed by atoms with Crippen molar-refractivity contribution in [3.8, 4) is 5.75 Å². The van der Waals surface area contributed by atoms with Gasteiger partial charge in [-0.3, -0.25) is 4.79 Å². The lowest BCUT2D eigenvalue weighted by atomic mass is 10.2. The second-order valence-corrected chi connectivity index (χ2v) is 4.15. The van der Waals surface area contributed by atoms with Crippen LogP contribution in [0.25, 0.3) is 0 Å². The van der Waals surface area contributed by atoms with E-state index in [4.69, 9.17) is 4.74 Å². The summed E-state index contributed by atoms with van der Waals surface area (Å²) in [4.78, 5) is 20.1. The van der Waals surface area contributed by atoms with E-state index in [0.717, 1.165) is 11.3 Å². The van der Waals surface area contributed by atoms with Gasteiger partial charge >= 0.3 is 0 Å². The Bertz CT molecular complexity index is 609. The predicted octanol–water partition coefficient (Wildman–Crippen LogP) is 1.17. The zero-order chi connectivity index (χ0) is 12.4. The number of anilines is 1. The lowest BCUT2D eigenvalue weighted by Crippen LogP contribution is -2.27. The average Bonchev–Trinajstić information content (AvgIpc) is 2.60. The lowest BCUT2D eigenvalue weighted by Gasteiger charge is -2.20. The molecule has 0 spiro atoms. The van der Waals surface area contributed by atoms with Crippen LogP contribution >= 0.6 is 0 Å². The number of hydrogen-bond donors (Lipinski definition) is 1. The van der Waals surface area contributed by atoms with Crippen LogP contribution in [-0.4, -0.2) is 23.1 Å². The second-order valence-electron chi connectivity index (χ2n) is 4.15. The Kier molecular flexibility index (Phi) is 2.72. The van der Waals surface area contributed by atoms with Gasteiger partial charge in [0.1, 0.15) is 18.2 Å². The van der Waals surface area contributed by atoms with Gasteiger partial charge in [-0.15, -0.1) is 0 Å². The maximum Gasteiger partial charge on any atom is 0.252 e. The van der Waals surface area contributed by atoms with Crippen molar-refractivity contribution in [2.75, 3.05) is 18.1 Å². The Labute approximate surface area is 104 Å². The first kappa shape index (κ1) is 10.8. The number of nitrogens with zero attached hydrogens (tertiary/aromatic N) is 2. The maximum atomic E-state index is 11.3. The third kappa shape index (κ3) is 2.07. The van der Waals surface area contributed by atoms with Crippen molar-refractivity contribution in [2.24, 2.45) is 0 Å². The molecule has 5 heteroatoms. The molecule has 92 valence electrons. The van der Waals surface area contributed by atoms with Crippen molar-refractivity contribution >= 4 is 5.82 Å². The van der Waals surface area contributed by atoms with Gasteiger partial charge in [0.2, 0.25) is 0 Å². The molecule has 0 saturated heterocycles. The van der Waals surface area contributed by atoms with Crippen LogP contribution in [0, 0.1) is 0 Å². The quantitative estimate of drug-likeness (QED) is 0.816. The highest BCUT2D eigenvalue weighted by Gasteiger charge is 2.16. The van der Waals surface area contributed by atoms with E-state index in [2.05, 4.69) is 9.97 Å². The molecule has 1 aromatic carbocycles. The summed E-state index contributed by atoms with van der Waals surface area (Å²) in [6, 6.07) is 9.44. The van der Waals surface area contributed by atoms with Crippen molar-refractivity contribution < 1.29 is 4.74 Å². The largest absolute Gasteiger partial charge is 0.491 e. The van der Waals surface area contributed by atoms with Crippen LogP contribution < -0.4 is 15.2 Å². The smallest absolute Gasteiger partial charge is 0.252 e. The molecule has 2 aromatic rings. The molecule has 0 unspecified atom stereocenters. The summed E-state index contributed by atoms with van der Waals surface area (Å²) >= 11 is 0. The van der Waals surface area contributed by atoms with Gasteiger partial charge in [-0.05, 0) is 6.07 Å². The number of hydrogen-bond acceptors (Lipinski definition) is 4. The van der Waals surface area contributed by atoms with Gasteiger partial charge in [-0.1, -0.05) is 18.2 Å². The highest BCUT2D eigenvalue weighted by Crippen LogP contribution is 2.24. The lowest BCUT2D eigenvalue weighted by molar-refractivity contribution is 0.331. The van der Waals surface area contributed by atoms with Gasteiger partial charge in [-0.25, -0.2) is 4.98 Å². The highest BCUT2D eigenvalue weighted by molar-refractivity contribution is 5.43. The molecule has 0 amide bonds. The number of nitrogens with one attached hydrogen (secondary N) is 1. The molecule has 0 atom stereocenters. The van der Waals surface area contributed by atoms with Crippen molar-refractivity contribution in [3.05, 3.63) is 52.6 Å². The summed E-state index contributed by atoms with van der Waals surface area (Å²) in [6.45, 7) is 2.00. The zero-order valence-corrected chi connectivity index (χ0v) is 9.80. The fourth-order valence-electron chi connectivity index (χ4n) is 2.05. The molecule has 1 N–H and O–H groups in total. The van der Waals surface area contributed by atoms with Crippen molar-refractivity contribution in [3.63, 3.8) is 0 Å². The Morgan fingerprint density at radius 2 is 2.22 bits per heavy atom. The van der Waals surface area contributed by atoms with Crippen LogP contribution in [0.2, 0.25) is 0 Å². The maximum absolute atomic E-state index is 11.3. The first-order valence-corrected chi connectivity index (χ1v) is 5.83. The molecule has 0 aliphatic carbocycles. The summed E-state index contributed by atoms with van der Waals surface area (Å²) in [5.41, 5.74) is 0.968. The van der Waals surface area contributed by atoms with Gasteiger partial charge in [0.05, 0.1) is 12.9 Å². The van der Waals surface area contributed by atoms with Gasteiger partial charge in [0.25, 0.3) is 5.56 Å². The molecule has 3 rings (SSSR count). The summed E-state index contributed by atoms with van der Waals surface area (Å²) < 4.78 is 5.68. The molecule has 1 aliphatic rings. The predicted molar refractivity (Wildman–Crippen MR) is 67.8 cm³/mol. The average molecular weight is 243 g/mol. The first-order chi connectivity index (χ1) is 8.83. The molecule has 1 aliphatic heterocycles. The van der Waals surface area contributed by atoms with Gasteiger partial charge in [0.15, 0.2) is 0 Å². The number of benzene rings is 1. The fourth-order valence-corrected chi connectivity index (χ4v) is 2.05. The summed E-state index contributed by atoms with van der Waals surface area (Å²) in [7, 11) is 0. The SMILES string of the molecule is O=c1cc(N2CCOc3ccccc3C2)nc[nH]1. The molecule has 0 radical (unpaired) electrons. The first-order valence-electron chi connectivity index (χ1n) is 5.83. The van der Waals surface area contributed by atoms with Gasteiger partial charge in [-0.2, -0.15) is 0 Å². The van der Waals surface area contributed by atoms with Gasteiger partial charge in [0, 0.05) is 18.2 Å². The minimum atomic E-state index is -0.140. The monoisotopic (exact) mass is 243 g/mol. The van der Waals surface area contributed by atoms with Crippen LogP contribution in [0.15, 0.2) is 41.5 Å². The van der Waals surface area contributed by atoms with Crippen molar-refractivity contribution in [1.29, 1.82) is 0 Å². The van der Waals surface area contributed by atoms with E-state index in [-0.39, 0.29) is 5.56 Å². The molecule has 1 aromatic heterocycles. The molecule has 18 heavy (non-hydrogen) atoms. The minimum Gasteiger partial charge on any atom is -0.491 e. The van der Waals surface area contributed by atoms with Crippen LogP contribution in [0.4, 0.5) is 5.82 Å². The van der Waals surface area contributed by atoms with Crippen molar-refractivity contribution in [1.82, 2.24) is 9.97 Å². The van der Waals surface area contributed by atoms with E-state index in [1.807, 2.05) is 29.2 Å². The van der Waals surface area contributed by atoms with E-state index < -0.39 is 0 Å². The van der Waals surface area contributed by atoms with E-state index in [1.54, 1.807) is 0 Å². The van der Waals surface area contributed by atoms with Crippen LogP contribution in [0.1, 0.15) is 5.56 Å². The summed E-state index contributed by atoms with van der Waals surface area (Å²) in [6.07, 6.45) is 1.43. The van der Waals surface area contributed by atoms with Crippen LogP contribution in [0.5, 0.6) is 5.75 Å². The minimum absolute atomic E-state index is 0.140. The number of aromatic amines is 1. The molecule has 0 fully saturated rings. The molecular weight excluding hydrogens is 230 g/mol. The zero-order valence-electron chi connectivity index (χ0n) is 9.80. The van der Waals surface area contributed by atoms with Crippen LogP contribution in [-0.2, 0) is 6.54 Å². The Balaban J connectivity index is 1.94. The third-order valence-corrected chi connectivity index (χ3v) is 2.94. The summed E-state index contributed by atoms with van der Waals surface area (Å²) in [5, 5.41) is 0. The number of H-pyrrole nitrogens is 1. The van der Waals surface area contributed by atoms with E-state index in [9.17, 15) is 4.79 Å². The Morgan fingerprint density at radius 1 is 1.33 bits per heavy atom. The molecule has 0 bridgehead atoms. The number of aromatic nitrogens is 2. The number of rotatable bonds is 1. The van der Waals surface area contributed by atoms with E-state index in [1.165, 1.54) is 12.4 Å². The normalized spacial score (nSPS) is 14.6. The topological polar surface area (TPSA) is 58.2 Å². The Morgan fingerprint density at radius 3 is 3.11 bits per heavy atom. The van der Waals surface area contributed by atoms with E-state index in [0.29, 0.717) is 25.5 Å². The number of fused-ring (bicyclic) bond motifs is 1. The van der Waals surface area contributed by atoms with E-state index >= 15 is 0 Å². The summed E-state index contributed by atoms with van der Waals surface area (Å²) in [5.74, 6) is 1.59. The van der Waals surface area contributed by atoms with Crippen molar-refractivity contribution in [2.45, 2.75) is 6.54 Å². The third-order valence-electron chi connectivity index (χ3n) is 2.94.